The normalized spacial score (nSPS) is 14.9. The molecule has 150 valence electrons. The molecule has 0 unspecified atom stereocenters. The van der Waals surface area contributed by atoms with E-state index in [1.165, 1.54) is 30.3 Å². The molecule has 1 heterocycles. The first kappa shape index (κ1) is 20.6. The van der Waals surface area contributed by atoms with Gasteiger partial charge in [0.25, 0.3) is 0 Å². The van der Waals surface area contributed by atoms with Gasteiger partial charge in [-0.1, -0.05) is 23.7 Å². The zero-order valence-electron chi connectivity index (χ0n) is 15.1. The van der Waals surface area contributed by atoms with Crippen molar-refractivity contribution in [3.63, 3.8) is 0 Å². The molecule has 1 saturated heterocycles. The second-order valence-corrected chi connectivity index (χ2v) is 8.62. The Morgan fingerprint density at radius 1 is 1.04 bits per heavy atom. The molecule has 0 atom stereocenters. The minimum atomic E-state index is -3.68. The largest absolute Gasteiger partial charge is 0.366 e. The second-order valence-electron chi connectivity index (χ2n) is 6.42. The molecular weight excluding hydrogens is 405 g/mol. The molecule has 0 radical (unpaired) electrons. The number of sulfonamides is 1. The molecule has 1 fully saturated rings. The van der Waals surface area contributed by atoms with Crippen molar-refractivity contribution in [1.29, 1.82) is 0 Å². The Labute approximate surface area is 168 Å². The molecule has 0 aliphatic carbocycles. The first-order valence-corrected chi connectivity index (χ1v) is 10.8. The van der Waals surface area contributed by atoms with Crippen molar-refractivity contribution in [3.8, 4) is 0 Å². The molecule has 0 aromatic heterocycles. The Morgan fingerprint density at radius 2 is 1.68 bits per heavy atom. The number of benzene rings is 2. The van der Waals surface area contributed by atoms with Crippen molar-refractivity contribution in [2.75, 3.05) is 37.6 Å². The van der Waals surface area contributed by atoms with E-state index in [-0.39, 0.29) is 29.6 Å². The van der Waals surface area contributed by atoms with E-state index in [4.69, 9.17) is 11.6 Å². The molecule has 1 aliphatic heterocycles. The van der Waals surface area contributed by atoms with Gasteiger partial charge in [-0.2, -0.15) is 0 Å². The maximum absolute atomic E-state index is 13.9. The summed E-state index contributed by atoms with van der Waals surface area (Å²) in [4.78, 5) is 16.0. The molecule has 0 bridgehead atoms. The third-order valence-corrected chi connectivity index (χ3v) is 6.31. The van der Waals surface area contributed by atoms with Crippen molar-refractivity contribution in [2.24, 2.45) is 0 Å². The Kier molecular flexibility index (Phi) is 6.53. The summed E-state index contributed by atoms with van der Waals surface area (Å²) in [7, 11) is -3.68. The van der Waals surface area contributed by atoms with Gasteiger partial charge in [-0.05, 0) is 36.4 Å². The topological polar surface area (TPSA) is 69.7 Å². The van der Waals surface area contributed by atoms with Crippen LogP contribution in [0.2, 0.25) is 5.02 Å². The summed E-state index contributed by atoms with van der Waals surface area (Å²) in [6.45, 7) is 2.01. The summed E-state index contributed by atoms with van der Waals surface area (Å²) in [6.07, 6.45) is 0.0620. The van der Waals surface area contributed by atoms with Gasteiger partial charge in [-0.25, -0.2) is 17.5 Å². The molecule has 1 aliphatic rings. The fourth-order valence-electron chi connectivity index (χ4n) is 3.05. The van der Waals surface area contributed by atoms with Crippen LogP contribution >= 0.6 is 11.6 Å². The third-order valence-electron chi connectivity index (χ3n) is 4.58. The molecule has 1 amide bonds. The highest BCUT2D eigenvalue weighted by molar-refractivity contribution is 7.89. The standard InChI is InChI=1S/C19H21ClFN3O3S/c20-15-5-7-16(8-6-15)28(26,27)22-10-9-19(25)24-13-11-23(12-14-24)18-4-2-1-3-17(18)21/h1-8,22H,9-14H2. The molecule has 1 N–H and O–H groups in total. The first-order valence-electron chi connectivity index (χ1n) is 8.89. The monoisotopic (exact) mass is 425 g/mol. The molecule has 6 nitrogen and oxygen atoms in total. The van der Waals surface area contributed by atoms with Crippen molar-refractivity contribution in [1.82, 2.24) is 9.62 Å². The number of rotatable bonds is 6. The number of halogens is 2. The van der Waals surface area contributed by atoms with Gasteiger partial charge in [-0.15, -0.1) is 0 Å². The number of piperazine rings is 1. The number of para-hydroxylation sites is 1. The van der Waals surface area contributed by atoms with E-state index in [0.717, 1.165) is 0 Å². The third kappa shape index (κ3) is 5.01. The fraction of sp³-hybridized carbons (Fsp3) is 0.316. The van der Waals surface area contributed by atoms with Gasteiger partial charge >= 0.3 is 0 Å². The van der Waals surface area contributed by atoms with Gasteiger partial charge < -0.3 is 9.80 Å². The zero-order valence-corrected chi connectivity index (χ0v) is 16.7. The van der Waals surface area contributed by atoms with E-state index in [1.807, 2.05) is 4.90 Å². The molecule has 9 heteroatoms. The van der Waals surface area contributed by atoms with E-state index in [0.29, 0.717) is 36.9 Å². The number of nitrogens with one attached hydrogen (secondary N) is 1. The van der Waals surface area contributed by atoms with E-state index in [1.54, 1.807) is 23.1 Å². The van der Waals surface area contributed by atoms with Crippen LogP contribution in [-0.4, -0.2) is 51.9 Å². The summed E-state index contributed by atoms with van der Waals surface area (Å²) >= 11 is 5.76. The van der Waals surface area contributed by atoms with Crippen LogP contribution in [0.3, 0.4) is 0 Å². The number of amides is 1. The summed E-state index contributed by atoms with van der Waals surface area (Å²) in [5.41, 5.74) is 0.533. The zero-order chi connectivity index (χ0) is 20.1. The molecule has 0 spiro atoms. The van der Waals surface area contributed by atoms with Crippen LogP contribution in [0.1, 0.15) is 6.42 Å². The minimum Gasteiger partial charge on any atom is -0.366 e. The molecule has 0 saturated carbocycles. The molecule has 3 rings (SSSR count). The fourth-order valence-corrected chi connectivity index (χ4v) is 4.21. The lowest BCUT2D eigenvalue weighted by Gasteiger charge is -2.36. The quantitative estimate of drug-likeness (QED) is 0.772. The lowest BCUT2D eigenvalue weighted by molar-refractivity contribution is -0.131. The first-order chi connectivity index (χ1) is 13.4. The molecular formula is C19H21ClFN3O3S. The highest BCUT2D eigenvalue weighted by atomic mass is 35.5. The smallest absolute Gasteiger partial charge is 0.240 e. The predicted octanol–water partition coefficient (Wildman–Crippen LogP) is 2.50. The second kappa shape index (κ2) is 8.89. The van der Waals surface area contributed by atoms with Crippen molar-refractivity contribution in [3.05, 3.63) is 59.4 Å². The maximum Gasteiger partial charge on any atom is 0.240 e. The van der Waals surface area contributed by atoms with Gasteiger partial charge in [0.1, 0.15) is 5.82 Å². The highest BCUT2D eigenvalue weighted by Gasteiger charge is 2.23. The number of anilines is 1. The van der Waals surface area contributed by atoms with E-state index in [2.05, 4.69) is 4.72 Å². The number of carbonyl (C=O) groups excluding carboxylic acids is 1. The van der Waals surface area contributed by atoms with Crippen LogP contribution in [-0.2, 0) is 14.8 Å². The minimum absolute atomic E-state index is 0.0112. The lowest BCUT2D eigenvalue weighted by Crippen LogP contribution is -2.49. The molecule has 2 aromatic carbocycles. The van der Waals surface area contributed by atoms with Crippen LogP contribution in [0.25, 0.3) is 0 Å². The number of hydrogen-bond donors (Lipinski definition) is 1. The molecule has 2 aromatic rings. The van der Waals surface area contributed by atoms with Crippen LogP contribution in [0.4, 0.5) is 10.1 Å². The van der Waals surface area contributed by atoms with Crippen molar-refractivity contribution >= 4 is 33.2 Å². The van der Waals surface area contributed by atoms with Gasteiger partial charge in [0.15, 0.2) is 0 Å². The Hall–Kier alpha value is -2.16. The Bertz CT molecular complexity index is 930. The average molecular weight is 426 g/mol. The van der Waals surface area contributed by atoms with E-state index >= 15 is 0 Å². The maximum atomic E-state index is 13.9. The van der Waals surface area contributed by atoms with E-state index < -0.39 is 10.0 Å². The number of hydrogen-bond acceptors (Lipinski definition) is 4. The average Bonchev–Trinajstić information content (AvgIpc) is 2.68. The highest BCUT2D eigenvalue weighted by Crippen LogP contribution is 2.20. The van der Waals surface area contributed by atoms with E-state index in [9.17, 15) is 17.6 Å². The Morgan fingerprint density at radius 3 is 2.32 bits per heavy atom. The Balaban J connectivity index is 1.47. The van der Waals surface area contributed by atoms with Gasteiger partial charge in [0.2, 0.25) is 15.9 Å². The van der Waals surface area contributed by atoms with Crippen molar-refractivity contribution in [2.45, 2.75) is 11.3 Å². The summed E-state index contributed by atoms with van der Waals surface area (Å²) in [5.74, 6) is -0.411. The van der Waals surface area contributed by atoms with Gasteiger partial charge in [-0.3, -0.25) is 4.79 Å². The van der Waals surface area contributed by atoms with Crippen LogP contribution in [0, 0.1) is 5.82 Å². The van der Waals surface area contributed by atoms with Crippen LogP contribution < -0.4 is 9.62 Å². The van der Waals surface area contributed by atoms with Crippen LogP contribution in [0.5, 0.6) is 0 Å². The summed E-state index contributed by atoms with van der Waals surface area (Å²) in [6, 6.07) is 12.4. The summed E-state index contributed by atoms with van der Waals surface area (Å²) < 4.78 is 40.7. The van der Waals surface area contributed by atoms with Gasteiger partial charge in [0.05, 0.1) is 10.6 Å². The summed E-state index contributed by atoms with van der Waals surface area (Å²) in [5, 5.41) is 0.448. The molecule has 28 heavy (non-hydrogen) atoms. The SMILES string of the molecule is O=C(CCNS(=O)(=O)c1ccc(Cl)cc1)N1CCN(c2ccccc2F)CC1. The van der Waals surface area contributed by atoms with Crippen molar-refractivity contribution < 1.29 is 17.6 Å². The van der Waals surface area contributed by atoms with Gasteiger partial charge in [0, 0.05) is 44.2 Å². The predicted molar refractivity (Wildman–Crippen MR) is 106 cm³/mol. The number of nitrogens with zero attached hydrogens (tertiary/aromatic N) is 2. The number of carbonyl (C=O) groups is 1. The van der Waals surface area contributed by atoms with Crippen LogP contribution in [0.15, 0.2) is 53.4 Å². The lowest BCUT2D eigenvalue weighted by atomic mass is 10.2.